The number of hydrogen-bond acceptors (Lipinski definition) is 7. The van der Waals surface area contributed by atoms with Crippen molar-refractivity contribution >= 4 is 10.9 Å². The number of piperidine rings is 1. The number of nitrogens with one attached hydrogen (secondary N) is 1. The number of aliphatic hydroxyl groups excluding tert-OH is 1. The number of fused-ring (bicyclic) bond motifs is 1. The first-order chi connectivity index (χ1) is 16.1. The predicted molar refractivity (Wildman–Crippen MR) is 124 cm³/mol. The molecule has 1 aliphatic carbocycles. The van der Waals surface area contributed by atoms with Gasteiger partial charge < -0.3 is 14.8 Å². The molecule has 9 heteroatoms. The van der Waals surface area contributed by atoms with Crippen LogP contribution in [-0.4, -0.2) is 61.0 Å². The molecule has 0 amide bonds. The van der Waals surface area contributed by atoms with E-state index in [4.69, 9.17) is 4.74 Å². The first kappa shape index (κ1) is 22.0. The van der Waals surface area contributed by atoms with Gasteiger partial charge in [0.1, 0.15) is 11.8 Å². The van der Waals surface area contributed by atoms with Gasteiger partial charge in [0.2, 0.25) is 0 Å². The van der Waals surface area contributed by atoms with Crippen molar-refractivity contribution in [3.05, 3.63) is 46.0 Å². The molecule has 1 aromatic carbocycles. The van der Waals surface area contributed by atoms with Crippen molar-refractivity contribution in [2.45, 2.75) is 70.1 Å². The standard InChI is InChI=1S/C24H32N6O3/c1-2-33-19-8-9-21-16(14-19)15-20(24(32)25-21)22(29-12-10-18(31)11-13-29)23-26-27-28-30(23)17-6-4-3-5-7-17/h8-9,14-15,17-18,22,31H,2-7,10-13H2,1H3,(H,25,32). The van der Waals surface area contributed by atoms with Gasteiger partial charge in [0.05, 0.1) is 18.8 Å². The van der Waals surface area contributed by atoms with E-state index in [-0.39, 0.29) is 23.7 Å². The van der Waals surface area contributed by atoms with Crippen LogP contribution in [0, 0.1) is 0 Å². The maximum absolute atomic E-state index is 13.3. The minimum atomic E-state index is -0.377. The largest absolute Gasteiger partial charge is 0.494 e. The van der Waals surface area contributed by atoms with Gasteiger partial charge in [0.25, 0.3) is 5.56 Å². The van der Waals surface area contributed by atoms with E-state index in [1.807, 2.05) is 35.9 Å². The van der Waals surface area contributed by atoms with E-state index in [2.05, 4.69) is 25.4 Å². The Bertz CT molecular complexity index is 1140. The van der Waals surface area contributed by atoms with E-state index < -0.39 is 0 Å². The molecule has 0 spiro atoms. The molecule has 0 bridgehead atoms. The first-order valence-electron chi connectivity index (χ1n) is 12.1. The summed E-state index contributed by atoms with van der Waals surface area (Å²) in [5.74, 6) is 1.48. The average molecular weight is 453 g/mol. The number of pyridine rings is 1. The molecule has 176 valence electrons. The fraction of sp³-hybridized carbons (Fsp3) is 0.583. The summed E-state index contributed by atoms with van der Waals surface area (Å²) in [5, 5.41) is 23.9. The second-order valence-electron chi connectivity index (χ2n) is 9.18. The highest BCUT2D eigenvalue weighted by Gasteiger charge is 2.34. The highest BCUT2D eigenvalue weighted by molar-refractivity contribution is 5.80. The van der Waals surface area contributed by atoms with Gasteiger partial charge in [-0.05, 0) is 67.3 Å². The predicted octanol–water partition coefficient (Wildman–Crippen LogP) is 2.96. The lowest BCUT2D eigenvalue weighted by Crippen LogP contribution is -2.42. The number of rotatable bonds is 6. The topological polar surface area (TPSA) is 109 Å². The molecule has 2 aliphatic rings. The molecule has 9 nitrogen and oxygen atoms in total. The maximum atomic E-state index is 13.3. The Hall–Kier alpha value is -2.78. The Balaban J connectivity index is 1.61. The SMILES string of the molecule is CCOc1ccc2[nH]c(=O)c(C(c3nnnn3C3CCCCC3)N3CCC(O)CC3)cc2c1. The van der Waals surface area contributed by atoms with Crippen LogP contribution in [0.1, 0.15) is 75.3 Å². The van der Waals surface area contributed by atoms with Gasteiger partial charge in [0.15, 0.2) is 5.82 Å². The van der Waals surface area contributed by atoms with Crippen molar-refractivity contribution in [2.75, 3.05) is 19.7 Å². The zero-order chi connectivity index (χ0) is 22.8. The summed E-state index contributed by atoms with van der Waals surface area (Å²) in [4.78, 5) is 18.6. The molecule has 1 saturated carbocycles. The Morgan fingerprint density at radius 3 is 2.70 bits per heavy atom. The highest BCUT2D eigenvalue weighted by atomic mass is 16.5. The Morgan fingerprint density at radius 2 is 1.94 bits per heavy atom. The first-order valence-corrected chi connectivity index (χ1v) is 12.1. The summed E-state index contributed by atoms with van der Waals surface area (Å²) in [5.41, 5.74) is 1.26. The smallest absolute Gasteiger partial charge is 0.253 e. The van der Waals surface area contributed by atoms with Crippen molar-refractivity contribution in [3.8, 4) is 5.75 Å². The fourth-order valence-electron chi connectivity index (χ4n) is 5.27. The van der Waals surface area contributed by atoms with Crippen LogP contribution in [0.2, 0.25) is 0 Å². The number of likely N-dealkylation sites (tertiary alicyclic amines) is 1. The second kappa shape index (κ2) is 9.61. The van der Waals surface area contributed by atoms with Crippen molar-refractivity contribution < 1.29 is 9.84 Å². The number of nitrogens with zero attached hydrogens (tertiary/aromatic N) is 5. The number of tetrazole rings is 1. The quantitative estimate of drug-likeness (QED) is 0.592. The zero-order valence-electron chi connectivity index (χ0n) is 19.1. The Labute approximate surface area is 192 Å². The van der Waals surface area contributed by atoms with Gasteiger partial charge in [-0.1, -0.05) is 19.3 Å². The summed E-state index contributed by atoms with van der Waals surface area (Å²) in [6.07, 6.45) is 6.71. The summed E-state index contributed by atoms with van der Waals surface area (Å²) in [7, 11) is 0. The van der Waals surface area contributed by atoms with Gasteiger partial charge in [-0.25, -0.2) is 4.68 Å². The van der Waals surface area contributed by atoms with Gasteiger partial charge in [-0.15, -0.1) is 5.10 Å². The third-order valence-electron chi connectivity index (χ3n) is 7.00. The van der Waals surface area contributed by atoms with Crippen LogP contribution < -0.4 is 10.3 Å². The normalized spacial score (nSPS) is 19.7. The van der Waals surface area contributed by atoms with Crippen molar-refractivity contribution in [1.82, 2.24) is 30.1 Å². The summed E-state index contributed by atoms with van der Waals surface area (Å²) >= 11 is 0. The van der Waals surface area contributed by atoms with Crippen LogP contribution in [0.4, 0.5) is 0 Å². The lowest BCUT2D eigenvalue weighted by Gasteiger charge is -2.36. The number of hydrogen-bond donors (Lipinski definition) is 2. The molecular formula is C24H32N6O3. The third kappa shape index (κ3) is 4.52. The molecule has 2 aromatic heterocycles. The van der Waals surface area contributed by atoms with E-state index in [0.717, 1.165) is 29.5 Å². The van der Waals surface area contributed by atoms with Crippen molar-refractivity contribution in [3.63, 3.8) is 0 Å². The number of aromatic amines is 1. The molecule has 33 heavy (non-hydrogen) atoms. The lowest BCUT2D eigenvalue weighted by molar-refractivity contribution is 0.0651. The molecule has 3 heterocycles. The molecule has 2 fully saturated rings. The maximum Gasteiger partial charge on any atom is 0.253 e. The van der Waals surface area contributed by atoms with Gasteiger partial charge in [0, 0.05) is 29.6 Å². The fourth-order valence-corrected chi connectivity index (χ4v) is 5.27. The van der Waals surface area contributed by atoms with Crippen LogP contribution in [0.5, 0.6) is 5.75 Å². The van der Waals surface area contributed by atoms with E-state index in [1.54, 1.807) is 0 Å². The molecular weight excluding hydrogens is 420 g/mol. The average Bonchev–Trinajstić information content (AvgIpc) is 3.31. The van der Waals surface area contributed by atoms with E-state index >= 15 is 0 Å². The number of aliphatic hydroxyl groups is 1. The van der Waals surface area contributed by atoms with Crippen LogP contribution in [0.3, 0.4) is 0 Å². The molecule has 0 radical (unpaired) electrons. The van der Waals surface area contributed by atoms with Gasteiger partial charge in [-0.3, -0.25) is 9.69 Å². The minimum Gasteiger partial charge on any atom is -0.494 e. The van der Waals surface area contributed by atoms with E-state index in [9.17, 15) is 9.90 Å². The lowest BCUT2D eigenvalue weighted by atomic mass is 9.94. The molecule has 1 saturated heterocycles. The summed E-state index contributed by atoms with van der Waals surface area (Å²) in [6.45, 7) is 3.89. The van der Waals surface area contributed by atoms with Crippen LogP contribution in [0.15, 0.2) is 29.1 Å². The molecule has 5 rings (SSSR count). The molecule has 2 N–H and O–H groups in total. The van der Waals surface area contributed by atoms with Crippen LogP contribution in [-0.2, 0) is 0 Å². The molecule has 3 aromatic rings. The number of H-pyrrole nitrogens is 1. The van der Waals surface area contributed by atoms with Gasteiger partial charge in [-0.2, -0.15) is 0 Å². The number of benzene rings is 1. The van der Waals surface area contributed by atoms with E-state index in [0.29, 0.717) is 43.9 Å². The minimum absolute atomic E-state index is 0.138. The number of ether oxygens (including phenoxy) is 1. The third-order valence-corrected chi connectivity index (χ3v) is 7.00. The van der Waals surface area contributed by atoms with E-state index in [1.165, 1.54) is 19.3 Å². The Kier molecular flexibility index (Phi) is 6.41. The molecule has 1 atom stereocenters. The zero-order valence-corrected chi connectivity index (χ0v) is 19.1. The monoisotopic (exact) mass is 452 g/mol. The van der Waals surface area contributed by atoms with Crippen molar-refractivity contribution in [1.29, 1.82) is 0 Å². The highest BCUT2D eigenvalue weighted by Crippen LogP contribution is 2.34. The molecule has 1 unspecified atom stereocenters. The summed E-state index contributed by atoms with van der Waals surface area (Å²) in [6, 6.07) is 7.54. The van der Waals surface area contributed by atoms with Crippen LogP contribution >= 0.6 is 0 Å². The summed E-state index contributed by atoms with van der Waals surface area (Å²) < 4.78 is 7.63. The second-order valence-corrected chi connectivity index (χ2v) is 9.18. The molecule has 1 aliphatic heterocycles. The van der Waals surface area contributed by atoms with Crippen LogP contribution in [0.25, 0.3) is 10.9 Å². The number of aromatic nitrogens is 5. The van der Waals surface area contributed by atoms with Crippen molar-refractivity contribution in [2.24, 2.45) is 0 Å². The van der Waals surface area contributed by atoms with Gasteiger partial charge >= 0.3 is 0 Å². The Morgan fingerprint density at radius 1 is 1.15 bits per heavy atom.